The second-order valence-electron chi connectivity index (χ2n) is 4.72. The molecule has 96 valence electrons. The van der Waals surface area contributed by atoms with E-state index in [4.69, 9.17) is 4.74 Å². The first-order valence-corrected chi connectivity index (χ1v) is 6.43. The fraction of sp³-hybridized carbons (Fsp3) is 1.00. The second kappa shape index (κ2) is 7.22. The number of unbranched alkanes of at least 4 members (excludes halogenated alkanes) is 1. The SMILES string of the molecule is CCCCOC(O)N1CCN(C(C)C)CC1. The van der Waals surface area contributed by atoms with Crippen molar-refractivity contribution in [3.8, 4) is 0 Å². The van der Waals surface area contributed by atoms with Gasteiger partial charge in [-0.2, -0.15) is 0 Å². The van der Waals surface area contributed by atoms with Crippen LogP contribution in [0.25, 0.3) is 0 Å². The zero-order valence-electron chi connectivity index (χ0n) is 10.9. The lowest BCUT2D eigenvalue weighted by atomic mass is 10.2. The Hall–Kier alpha value is -0.160. The molecule has 1 fully saturated rings. The van der Waals surface area contributed by atoms with Crippen LogP contribution in [-0.2, 0) is 4.74 Å². The topological polar surface area (TPSA) is 35.9 Å². The number of piperazine rings is 1. The van der Waals surface area contributed by atoms with Crippen molar-refractivity contribution >= 4 is 0 Å². The van der Waals surface area contributed by atoms with Crippen LogP contribution in [0.4, 0.5) is 0 Å². The molecule has 0 radical (unpaired) electrons. The lowest BCUT2D eigenvalue weighted by Gasteiger charge is -2.38. The van der Waals surface area contributed by atoms with Crippen molar-refractivity contribution in [2.45, 2.75) is 46.1 Å². The summed E-state index contributed by atoms with van der Waals surface area (Å²) in [6.45, 7) is 11.0. The Morgan fingerprint density at radius 2 is 1.69 bits per heavy atom. The highest BCUT2D eigenvalue weighted by molar-refractivity contribution is 4.73. The van der Waals surface area contributed by atoms with E-state index in [-0.39, 0.29) is 0 Å². The van der Waals surface area contributed by atoms with Crippen molar-refractivity contribution in [1.29, 1.82) is 0 Å². The molecule has 0 aromatic heterocycles. The molecule has 1 saturated heterocycles. The summed E-state index contributed by atoms with van der Waals surface area (Å²) in [7, 11) is 0. The Morgan fingerprint density at radius 1 is 1.12 bits per heavy atom. The van der Waals surface area contributed by atoms with Gasteiger partial charge in [0.25, 0.3) is 0 Å². The van der Waals surface area contributed by atoms with Crippen molar-refractivity contribution in [3.63, 3.8) is 0 Å². The Balaban J connectivity index is 2.19. The van der Waals surface area contributed by atoms with Gasteiger partial charge in [0.05, 0.1) is 6.61 Å². The van der Waals surface area contributed by atoms with Crippen molar-refractivity contribution < 1.29 is 9.84 Å². The van der Waals surface area contributed by atoms with Crippen molar-refractivity contribution in [3.05, 3.63) is 0 Å². The lowest BCUT2D eigenvalue weighted by Crippen LogP contribution is -2.52. The molecule has 0 amide bonds. The molecule has 16 heavy (non-hydrogen) atoms. The van der Waals surface area contributed by atoms with Gasteiger partial charge in [0.1, 0.15) is 0 Å². The third-order valence-electron chi connectivity index (χ3n) is 3.16. The minimum absolute atomic E-state index is 0.598. The molecule has 0 bridgehead atoms. The third-order valence-corrected chi connectivity index (χ3v) is 3.16. The van der Waals surface area contributed by atoms with E-state index in [9.17, 15) is 5.11 Å². The summed E-state index contributed by atoms with van der Waals surface area (Å²) in [5.41, 5.74) is 0. The van der Waals surface area contributed by atoms with E-state index in [1.54, 1.807) is 0 Å². The highest BCUT2D eigenvalue weighted by Crippen LogP contribution is 2.09. The van der Waals surface area contributed by atoms with Crippen LogP contribution in [0.2, 0.25) is 0 Å². The number of rotatable bonds is 6. The van der Waals surface area contributed by atoms with E-state index in [0.29, 0.717) is 12.6 Å². The number of nitrogens with zero attached hydrogens (tertiary/aromatic N) is 2. The molecule has 1 atom stereocenters. The van der Waals surface area contributed by atoms with Gasteiger partial charge >= 0.3 is 0 Å². The molecule has 1 rings (SSSR count). The summed E-state index contributed by atoms with van der Waals surface area (Å²) in [5.74, 6) is 0. The number of aliphatic hydroxyl groups is 1. The number of ether oxygens (including phenoxy) is 1. The maximum absolute atomic E-state index is 9.81. The van der Waals surface area contributed by atoms with Gasteiger partial charge in [-0.25, -0.2) is 0 Å². The normalized spacial score (nSPS) is 21.6. The molecule has 0 aromatic rings. The Bertz CT molecular complexity index is 180. The molecular formula is C12H26N2O2. The molecular weight excluding hydrogens is 204 g/mol. The van der Waals surface area contributed by atoms with Gasteiger partial charge in [-0.05, 0) is 20.3 Å². The smallest absolute Gasteiger partial charge is 0.216 e. The molecule has 4 heteroatoms. The zero-order valence-corrected chi connectivity index (χ0v) is 10.9. The molecule has 1 N–H and O–H groups in total. The van der Waals surface area contributed by atoms with Gasteiger partial charge in [0, 0.05) is 32.2 Å². The molecule has 0 spiro atoms. The quantitative estimate of drug-likeness (QED) is 0.547. The van der Waals surface area contributed by atoms with Crippen LogP contribution in [0.15, 0.2) is 0 Å². The first-order chi connectivity index (χ1) is 7.65. The molecule has 0 aliphatic carbocycles. The van der Waals surface area contributed by atoms with Crippen LogP contribution < -0.4 is 0 Å². The van der Waals surface area contributed by atoms with Gasteiger partial charge in [-0.1, -0.05) is 13.3 Å². The van der Waals surface area contributed by atoms with Gasteiger partial charge in [-0.3, -0.25) is 9.80 Å². The average Bonchev–Trinajstić information content (AvgIpc) is 2.29. The fourth-order valence-corrected chi connectivity index (χ4v) is 1.91. The van der Waals surface area contributed by atoms with E-state index < -0.39 is 6.41 Å². The van der Waals surface area contributed by atoms with Crippen molar-refractivity contribution in [2.24, 2.45) is 0 Å². The minimum Gasteiger partial charge on any atom is -0.356 e. The Kier molecular flexibility index (Phi) is 6.28. The molecule has 1 unspecified atom stereocenters. The summed E-state index contributed by atoms with van der Waals surface area (Å²) in [4.78, 5) is 4.43. The van der Waals surface area contributed by atoms with Crippen LogP contribution in [0, 0.1) is 0 Å². The molecule has 1 heterocycles. The number of hydrogen-bond donors (Lipinski definition) is 1. The average molecular weight is 230 g/mol. The van der Waals surface area contributed by atoms with Gasteiger partial charge < -0.3 is 9.84 Å². The van der Waals surface area contributed by atoms with Gasteiger partial charge in [0.2, 0.25) is 6.41 Å². The first-order valence-electron chi connectivity index (χ1n) is 6.43. The third kappa shape index (κ3) is 4.37. The van der Waals surface area contributed by atoms with E-state index >= 15 is 0 Å². The Labute approximate surface area is 99.2 Å². The second-order valence-corrected chi connectivity index (χ2v) is 4.72. The standard InChI is InChI=1S/C12H26N2O2/c1-4-5-10-16-12(15)14-8-6-13(7-9-14)11(2)3/h11-12,15H,4-10H2,1-3H3. The summed E-state index contributed by atoms with van der Waals surface area (Å²) < 4.78 is 5.38. The monoisotopic (exact) mass is 230 g/mol. The Morgan fingerprint density at radius 3 is 2.19 bits per heavy atom. The predicted octanol–water partition coefficient (Wildman–Crippen LogP) is 1.10. The molecule has 1 aliphatic rings. The van der Waals surface area contributed by atoms with Crippen molar-refractivity contribution in [1.82, 2.24) is 9.80 Å². The van der Waals surface area contributed by atoms with Gasteiger partial charge in [-0.15, -0.1) is 0 Å². The summed E-state index contributed by atoms with van der Waals surface area (Å²) in [5, 5.41) is 9.81. The summed E-state index contributed by atoms with van der Waals surface area (Å²) in [6.07, 6.45) is 1.41. The summed E-state index contributed by atoms with van der Waals surface area (Å²) >= 11 is 0. The van der Waals surface area contributed by atoms with Crippen LogP contribution >= 0.6 is 0 Å². The number of aliphatic hydroxyl groups excluding tert-OH is 1. The van der Waals surface area contributed by atoms with E-state index in [0.717, 1.165) is 39.0 Å². The molecule has 1 aliphatic heterocycles. The minimum atomic E-state index is -0.708. The van der Waals surface area contributed by atoms with Crippen molar-refractivity contribution in [2.75, 3.05) is 32.8 Å². The van der Waals surface area contributed by atoms with Gasteiger partial charge in [0.15, 0.2) is 0 Å². The fourth-order valence-electron chi connectivity index (χ4n) is 1.91. The maximum atomic E-state index is 9.81. The number of hydrogen-bond acceptors (Lipinski definition) is 4. The van der Waals surface area contributed by atoms with Crippen LogP contribution in [0.3, 0.4) is 0 Å². The van der Waals surface area contributed by atoms with Crippen LogP contribution in [-0.4, -0.2) is 60.1 Å². The van der Waals surface area contributed by atoms with Crippen LogP contribution in [0.5, 0.6) is 0 Å². The first kappa shape index (κ1) is 13.9. The van der Waals surface area contributed by atoms with E-state index in [1.165, 1.54) is 0 Å². The predicted molar refractivity (Wildman–Crippen MR) is 65.1 cm³/mol. The molecule has 0 aromatic carbocycles. The maximum Gasteiger partial charge on any atom is 0.216 e. The van der Waals surface area contributed by atoms with E-state index in [1.807, 2.05) is 4.90 Å². The van der Waals surface area contributed by atoms with E-state index in [2.05, 4.69) is 25.7 Å². The largest absolute Gasteiger partial charge is 0.356 e. The van der Waals surface area contributed by atoms with Crippen LogP contribution in [0.1, 0.15) is 33.6 Å². The zero-order chi connectivity index (χ0) is 12.0. The molecule has 4 nitrogen and oxygen atoms in total. The molecule has 0 saturated carbocycles. The summed E-state index contributed by atoms with van der Waals surface area (Å²) in [6, 6.07) is 0.598. The lowest BCUT2D eigenvalue weighted by molar-refractivity contribution is -0.201. The highest BCUT2D eigenvalue weighted by Gasteiger charge is 2.23. The highest BCUT2D eigenvalue weighted by atomic mass is 16.6.